The summed E-state index contributed by atoms with van der Waals surface area (Å²) in [6.07, 6.45) is 15.2. The van der Waals surface area contributed by atoms with Crippen molar-refractivity contribution in [2.24, 2.45) is 5.92 Å². The second kappa shape index (κ2) is 8.27. The highest BCUT2D eigenvalue weighted by Crippen LogP contribution is 2.22. The van der Waals surface area contributed by atoms with Crippen molar-refractivity contribution in [1.82, 2.24) is 0 Å². The van der Waals surface area contributed by atoms with Crippen LogP contribution in [0.25, 0.3) is 0 Å². The molecule has 0 aromatic carbocycles. The summed E-state index contributed by atoms with van der Waals surface area (Å²) >= 11 is 0. The highest BCUT2D eigenvalue weighted by atomic mass is 16.1. The van der Waals surface area contributed by atoms with Gasteiger partial charge in [-0.15, -0.1) is 0 Å². The van der Waals surface area contributed by atoms with E-state index in [0.29, 0.717) is 18.1 Å². The summed E-state index contributed by atoms with van der Waals surface area (Å²) < 4.78 is 0. The minimum atomic E-state index is 0.426. The minimum Gasteiger partial charge on any atom is -0.299 e. The molecular formula is C16H26O. The predicted octanol–water partition coefficient (Wildman–Crippen LogP) is 4.83. The summed E-state index contributed by atoms with van der Waals surface area (Å²) in [6, 6.07) is 0. The lowest BCUT2D eigenvalue weighted by Gasteiger charge is -2.13. The largest absolute Gasteiger partial charge is 0.299 e. The average Bonchev–Trinajstić information content (AvgIpc) is 2.30. The smallest absolute Gasteiger partial charge is 0.137 e. The van der Waals surface area contributed by atoms with E-state index in [2.05, 4.69) is 32.1 Å². The predicted molar refractivity (Wildman–Crippen MR) is 74.0 cm³/mol. The zero-order valence-corrected chi connectivity index (χ0v) is 11.4. The molecule has 1 aliphatic rings. The molecule has 0 spiro atoms. The molecule has 0 aromatic heterocycles. The lowest BCUT2D eigenvalue weighted by molar-refractivity contribution is -0.119. The SMILES string of the molecule is CC/C=C\CC(C)CC(=O)CC1=CCCCC1. The van der Waals surface area contributed by atoms with Crippen molar-refractivity contribution < 1.29 is 4.79 Å². The Morgan fingerprint density at radius 1 is 1.41 bits per heavy atom. The van der Waals surface area contributed by atoms with E-state index >= 15 is 0 Å². The number of Topliss-reactive ketones (excluding diaryl/α,β-unsaturated/α-hetero) is 1. The first-order valence-corrected chi connectivity index (χ1v) is 7.07. The molecule has 0 N–H and O–H groups in total. The van der Waals surface area contributed by atoms with Crippen LogP contribution in [0.1, 0.15) is 65.2 Å². The Hall–Kier alpha value is -0.850. The number of hydrogen-bond donors (Lipinski definition) is 0. The van der Waals surface area contributed by atoms with Gasteiger partial charge in [0.25, 0.3) is 0 Å². The Bertz CT molecular complexity index is 286. The molecule has 0 bridgehead atoms. The van der Waals surface area contributed by atoms with E-state index in [9.17, 15) is 4.79 Å². The second-order valence-corrected chi connectivity index (χ2v) is 5.25. The van der Waals surface area contributed by atoms with Crippen LogP contribution < -0.4 is 0 Å². The van der Waals surface area contributed by atoms with Gasteiger partial charge in [-0.1, -0.05) is 37.6 Å². The number of carbonyl (C=O) groups excluding carboxylic acids is 1. The Balaban J connectivity index is 2.23. The first-order chi connectivity index (χ1) is 8.22. The van der Waals surface area contributed by atoms with Crippen LogP contribution in [0.2, 0.25) is 0 Å². The third kappa shape index (κ3) is 6.45. The summed E-state index contributed by atoms with van der Waals surface area (Å²) in [4.78, 5) is 11.9. The van der Waals surface area contributed by atoms with Crippen molar-refractivity contribution in [3.8, 4) is 0 Å². The number of ketones is 1. The topological polar surface area (TPSA) is 17.1 Å². The summed E-state index contributed by atoms with van der Waals surface area (Å²) in [5.41, 5.74) is 1.39. The molecule has 0 aliphatic heterocycles. The van der Waals surface area contributed by atoms with Gasteiger partial charge in [0.15, 0.2) is 0 Å². The number of carbonyl (C=O) groups is 1. The van der Waals surface area contributed by atoms with Crippen LogP contribution in [0.5, 0.6) is 0 Å². The van der Waals surface area contributed by atoms with Crippen LogP contribution in [-0.4, -0.2) is 5.78 Å². The molecule has 1 heteroatoms. The van der Waals surface area contributed by atoms with Gasteiger partial charge in [0.2, 0.25) is 0 Å². The number of allylic oxidation sites excluding steroid dienone is 4. The first kappa shape index (κ1) is 14.2. The summed E-state index contributed by atoms with van der Waals surface area (Å²) in [6.45, 7) is 4.31. The van der Waals surface area contributed by atoms with E-state index in [1.807, 2.05) is 0 Å². The molecule has 1 atom stereocenters. The van der Waals surface area contributed by atoms with Gasteiger partial charge in [-0.2, -0.15) is 0 Å². The zero-order chi connectivity index (χ0) is 12.5. The van der Waals surface area contributed by atoms with Gasteiger partial charge in [0.05, 0.1) is 0 Å². The fourth-order valence-corrected chi connectivity index (χ4v) is 2.36. The van der Waals surface area contributed by atoms with Crippen molar-refractivity contribution in [2.45, 2.75) is 65.2 Å². The quantitative estimate of drug-likeness (QED) is 0.577. The fraction of sp³-hybridized carbons (Fsp3) is 0.688. The van der Waals surface area contributed by atoms with Crippen LogP contribution in [0.3, 0.4) is 0 Å². The van der Waals surface area contributed by atoms with Crippen molar-refractivity contribution in [3.05, 3.63) is 23.8 Å². The number of rotatable bonds is 7. The third-order valence-corrected chi connectivity index (χ3v) is 3.33. The Kier molecular flexibility index (Phi) is 6.91. The minimum absolute atomic E-state index is 0.426. The van der Waals surface area contributed by atoms with Gasteiger partial charge in [-0.25, -0.2) is 0 Å². The van der Waals surface area contributed by atoms with Crippen molar-refractivity contribution >= 4 is 5.78 Å². The molecule has 0 saturated carbocycles. The highest BCUT2D eigenvalue weighted by Gasteiger charge is 2.11. The second-order valence-electron chi connectivity index (χ2n) is 5.25. The molecule has 0 radical (unpaired) electrons. The molecule has 1 rings (SSSR count). The van der Waals surface area contributed by atoms with Gasteiger partial charge < -0.3 is 0 Å². The van der Waals surface area contributed by atoms with Gasteiger partial charge in [-0.3, -0.25) is 4.79 Å². The van der Waals surface area contributed by atoms with E-state index in [1.54, 1.807) is 0 Å². The molecule has 1 unspecified atom stereocenters. The lowest BCUT2D eigenvalue weighted by Crippen LogP contribution is -2.07. The van der Waals surface area contributed by atoms with Crippen LogP contribution in [-0.2, 0) is 4.79 Å². The fourth-order valence-electron chi connectivity index (χ4n) is 2.36. The van der Waals surface area contributed by atoms with Crippen LogP contribution in [0.4, 0.5) is 0 Å². The maximum Gasteiger partial charge on any atom is 0.137 e. The highest BCUT2D eigenvalue weighted by molar-refractivity contribution is 5.81. The molecule has 0 heterocycles. The van der Waals surface area contributed by atoms with Crippen molar-refractivity contribution in [2.75, 3.05) is 0 Å². The Labute approximate surface area is 106 Å². The Morgan fingerprint density at radius 2 is 2.24 bits per heavy atom. The molecule has 0 aromatic rings. The molecule has 1 nitrogen and oxygen atoms in total. The number of hydrogen-bond acceptors (Lipinski definition) is 1. The van der Waals surface area contributed by atoms with Crippen LogP contribution >= 0.6 is 0 Å². The normalized spacial score (nSPS) is 18.1. The van der Waals surface area contributed by atoms with Gasteiger partial charge in [0.1, 0.15) is 5.78 Å². The molecule has 0 amide bonds. The molecule has 17 heavy (non-hydrogen) atoms. The maximum absolute atomic E-state index is 11.9. The van der Waals surface area contributed by atoms with Gasteiger partial charge in [-0.05, 0) is 44.4 Å². The average molecular weight is 234 g/mol. The van der Waals surface area contributed by atoms with Crippen molar-refractivity contribution in [1.29, 1.82) is 0 Å². The summed E-state index contributed by atoms with van der Waals surface area (Å²) in [5.74, 6) is 0.921. The van der Waals surface area contributed by atoms with Crippen LogP contribution in [0, 0.1) is 5.92 Å². The maximum atomic E-state index is 11.9. The first-order valence-electron chi connectivity index (χ1n) is 7.07. The molecule has 96 valence electrons. The van der Waals surface area contributed by atoms with Gasteiger partial charge >= 0.3 is 0 Å². The third-order valence-electron chi connectivity index (χ3n) is 3.33. The lowest BCUT2D eigenvalue weighted by atomic mass is 9.92. The zero-order valence-electron chi connectivity index (χ0n) is 11.4. The molecular weight excluding hydrogens is 208 g/mol. The Morgan fingerprint density at radius 3 is 2.88 bits per heavy atom. The van der Waals surface area contributed by atoms with E-state index < -0.39 is 0 Å². The monoisotopic (exact) mass is 234 g/mol. The van der Waals surface area contributed by atoms with E-state index in [-0.39, 0.29) is 0 Å². The summed E-state index contributed by atoms with van der Waals surface area (Å²) in [7, 11) is 0. The van der Waals surface area contributed by atoms with E-state index in [1.165, 1.54) is 24.8 Å². The summed E-state index contributed by atoms with van der Waals surface area (Å²) in [5, 5.41) is 0. The molecule has 1 aliphatic carbocycles. The van der Waals surface area contributed by atoms with Crippen molar-refractivity contribution in [3.63, 3.8) is 0 Å². The van der Waals surface area contributed by atoms with Crippen LogP contribution in [0.15, 0.2) is 23.8 Å². The van der Waals surface area contributed by atoms with Gasteiger partial charge in [0, 0.05) is 12.8 Å². The molecule has 0 saturated heterocycles. The standard InChI is InChI=1S/C16H26O/c1-3-4-6-9-14(2)12-16(17)13-15-10-7-5-8-11-15/h4,6,10,14H,3,5,7-9,11-13H2,1-2H3/b6-4-. The molecule has 0 fully saturated rings. The van der Waals surface area contributed by atoms with E-state index in [4.69, 9.17) is 0 Å². The van der Waals surface area contributed by atoms with E-state index in [0.717, 1.165) is 25.7 Å².